The summed E-state index contributed by atoms with van der Waals surface area (Å²) in [7, 11) is 0. The Morgan fingerprint density at radius 2 is 1.86 bits per heavy atom. The van der Waals surface area contributed by atoms with Gasteiger partial charge in [0.2, 0.25) is 5.95 Å². The van der Waals surface area contributed by atoms with Gasteiger partial charge in [-0.25, -0.2) is 14.2 Å². The topological polar surface area (TPSA) is 79.8 Å². The van der Waals surface area contributed by atoms with Crippen LogP contribution in [0.3, 0.4) is 0 Å². The number of hydrogen-bond donors (Lipinski definition) is 2. The van der Waals surface area contributed by atoms with Crippen LogP contribution >= 0.6 is 0 Å². The minimum Gasteiger partial charge on any atom is -0.353 e. The summed E-state index contributed by atoms with van der Waals surface area (Å²) >= 11 is 0. The van der Waals surface area contributed by atoms with Crippen molar-refractivity contribution in [2.24, 2.45) is 5.92 Å². The lowest BCUT2D eigenvalue weighted by Crippen LogP contribution is -2.43. The van der Waals surface area contributed by atoms with Gasteiger partial charge in [-0.1, -0.05) is 19.3 Å². The fourth-order valence-electron chi connectivity index (χ4n) is 3.43. The van der Waals surface area contributed by atoms with E-state index in [2.05, 4.69) is 22.2 Å². The third kappa shape index (κ3) is 3.04. The summed E-state index contributed by atoms with van der Waals surface area (Å²) < 4.78 is 1.26. The van der Waals surface area contributed by atoms with Crippen molar-refractivity contribution < 1.29 is 0 Å². The number of aromatic nitrogens is 3. The number of aromatic amines is 1. The summed E-state index contributed by atoms with van der Waals surface area (Å²) in [4.78, 5) is 30.9. The van der Waals surface area contributed by atoms with Crippen LogP contribution in [-0.4, -0.2) is 20.6 Å². The average Bonchev–Trinajstić information content (AvgIpc) is 2.41. The van der Waals surface area contributed by atoms with Crippen molar-refractivity contribution in [2.75, 3.05) is 5.32 Å². The van der Waals surface area contributed by atoms with E-state index < -0.39 is 5.69 Å². The van der Waals surface area contributed by atoms with E-state index in [0.29, 0.717) is 11.9 Å². The molecule has 2 saturated carbocycles. The van der Waals surface area contributed by atoms with Crippen molar-refractivity contribution in [1.82, 2.24) is 14.5 Å². The van der Waals surface area contributed by atoms with E-state index in [4.69, 9.17) is 0 Å². The van der Waals surface area contributed by atoms with Crippen LogP contribution in [0.1, 0.15) is 64.3 Å². The summed E-state index contributed by atoms with van der Waals surface area (Å²) in [6.45, 7) is 2.10. The molecule has 6 heteroatoms. The average molecular weight is 292 g/mol. The maximum Gasteiger partial charge on any atom is 0.355 e. The van der Waals surface area contributed by atoms with E-state index in [1.165, 1.54) is 36.7 Å². The monoisotopic (exact) mass is 292 g/mol. The number of nitrogens with zero attached hydrogens (tertiary/aromatic N) is 2. The first-order valence-electron chi connectivity index (χ1n) is 8.14. The molecule has 0 radical (unpaired) electrons. The minimum atomic E-state index is -0.429. The molecule has 1 heterocycles. The number of nitrogens with one attached hydrogen (secondary N) is 2. The van der Waals surface area contributed by atoms with Gasteiger partial charge in [-0.2, -0.15) is 4.98 Å². The molecule has 2 aliphatic rings. The highest BCUT2D eigenvalue weighted by Gasteiger charge is 2.24. The van der Waals surface area contributed by atoms with Crippen molar-refractivity contribution in [1.29, 1.82) is 0 Å². The van der Waals surface area contributed by atoms with Gasteiger partial charge < -0.3 is 5.32 Å². The standard InChI is InChI=1S/C15H24N4O2/c1-10(11-6-3-2-4-7-11)16-13-17-14(20)19(15(21)18-13)12-8-5-9-12/h10-12H,2-9H2,1H3,(H2,16,17,18,20,21)/t10-/m0/s1. The van der Waals surface area contributed by atoms with Crippen molar-refractivity contribution in [2.45, 2.75) is 70.4 Å². The molecule has 116 valence electrons. The van der Waals surface area contributed by atoms with Crippen LogP contribution < -0.4 is 16.7 Å². The SMILES string of the molecule is C[C@H](Nc1nc(=O)n(C2CCC2)c(=O)[nH]1)C1CCCCC1. The van der Waals surface area contributed by atoms with Crippen LogP contribution in [0.15, 0.2) is 9.59 Å². The first-order valence-corrected chi connectivity index (χ1v) is 8.14. The van der Waals surface area contributed by atoms with E-state index >= 15 is 0 Å². The highest BCUT2D eigenvalue weighted by atomic mass is 16.2. The maximum absolute atomic E-state index is 12.1. The molecule has 6 nitrogen and oxygen atoms in total. The Hall–Kier alpha value is -1.59. The van der Waals surface area contributed by atoms with Gasteiger partial charge in [0.05, 0.1) is 0 Å². The van der Waals surface area contributed by atoms with Crippen LogP contribution in [0.5, 0.6) is 0 Å². The number of H-pyrrole nitrogens is 1. The zero-order valence-electron chi connectivity index (χ0n) is 12.6. The van der Waals surface area contributed by atoms with Crippen LogP contribution in [-0.2, 0) is 0 Å². The van der Waals surface area contributed by atoms with Crippen molar-refractivity contribution in [3.05, 3.63) is 21.0 Å². The zero-order valence-corrected chi connectivity index (χ0v) is 12.6. The maximum atomic E-state index is 12.1. The lowest BCUT2D eigenvalue weighted by molar-refractivity contribution is 0.292. The lowest BCUT2D eigenvalue weighted by Gasteiger charge is -2.29. The van der Waals surface area contributed by atoms with Gasteiger partial charge in [0.25, 0.3) is 0 Å². The highest BCUT2D eigenvalue weighted by molar-refractivity contribution is 5.23. The second kappa shape index (κ2) is 6.03. The van der Waals surface area contributed by atoms with E-state index in [-0.39, 0.29) is 17.8 Å². The second-order valence-corrected chi connectivity index (χ2v) is 6.46. The molecule has 0 aromatic carbocycles. The Balaban J connectivity index is 1.73. The first-order chi connectivity index (χ1) is 10.1. The first kappa shape index (κ1) is 14.4. The predicted molar refractivity (Wildman–Crippen MR) is 81.7 cm³/mol. The van der Waals surface area contributed by atoms with Crippen molar-refractivity contribution >= 4 is 5.95 Å². The minimum absolute atomic E-state index is 0.0403. The number of hydrogen-bond acceptors (Lipinski definition) is 4. The highest BCUT2D eigenvalue weighted by Crippen LogP contribution is 2.29. The van der Waals surface area contributed by atoms with E-state index in [0.717, 1.165) is 19.3 Å². The normalized spacial score (nSPS) is 21.8. The summed E-state index contributed by atoms with van der Waals surface area (Å²) in [5, 5.41) is 3.22. The molecule has 2 aliphatic carbocycles. The largest absolute Gasteiger partial charge is 0.355 e. The van der Waals surface area contributed by atoms with Gasteiger partial charge in [0.1, 0.15) is 0 Å². The summed E-state index contributed by atoms with van der Waals surface area (Å²) in [5.74, 6) is 0.914. The van der Waals surface area contributed by atoms with Gasteiger partial charge in [0, 0.05) is 12.1 Å². The molecule has 1 aromatic heterocycles. The summed E-state index contributed by atoms with van der Waals surface area (Å²) in [5.41, 5.74) is -0.764. The molecular weight excluding hydrogens is 268 g/mol. The molecule has 0 saturated heterocycles. The number of anilines is 1. The Morgan fingerprint density at radius 1 is 1.14 bits per heavy atom. The zero-order chi connectivity index (χ0) is 14.8. The van der Waals surface area contributed by atoms with Crippen molar-refractivity contribution in [3.63, 3.8) is 0 Å². The van der Waals surface area contributed by atoms with Crippen molar-refractivity contribution in [3.8, 4) is 0 Å². The molecule has 0 spiro atoms. The van der Waals surface area contributed by atoms with E-state index in [1.54, 1.807) is 0 Å². The Morgan fingerprint density at radius 3 is 2.43 bits per heavy atom. The molecule has 0 amide bonds. The summed E-state index contributed by atoms with van der Waals surface area (Å²) in [6.07, 6.45) is 9.14. The van der Waals surface area contributed by atoms with Gasteiger partial charge in [0.15, 0.2) is 0 Å². The number of rotatable bonds is 4. The third-order valence-corrected chi connectivity index (χ3v) is 5.02. The predicted octanol–water partition coefficient (Wildman–Crippen LogP) is 2.04. The smallest absolute Gasteiger partial charge is 0.353 e. The Kier molecular flexibility index (Phi) is 4.12. The van der Waals surface area contributed by atoms with E-state index in [1.807, 2.05) is 0 Å². The molecule has 2 fully saturated rings. The molecule has 0 aliphatic heterocycles. The van der Waals surface area contributed by atoms with Gasteiger partial charge in [-0.3, -0.25) is 4.98 Å². The Bertz CT molecular complexity index is 565. The molecular formula is C15H24N4O2. The van der Waals surface area contributed by atoms with Crippen LogP contribution in [0, 0.1) is 5.92 Å². The van der Waals surface area contributed by atoms with Crippen LogP contribution in [0.2, 0.25) is 0 Å². The fourth-order valence-corrected chi connectivity index (χ4v) is 3.43. The molecule has 3 rings (SSSR count). The van der Waals surface area contributed by atoms with Gasteiger partial charge in [-0.05, 0) is 44.9 Å². The van der Waals surface area contributed by atoms with Gasteiger partial charge in [-0.15, -0.1) is 0 Å². The fraction of sp³-hybridized carbons (Fsp3) is 0.800. The third-order valence-electron chi connectivity index (χ3n) is 5.02. The van der Waals surface area contributed by atoms with Crippen LogP contribution in [0.25, 0.3) is 0 Å². The Labute approximate surface area is 124 Å². The molecule has 21 heavy (non-hydrogen) atoms. The van der Waals surface area contributed by atoms with Gasteiger partial charge >= 0.3 is 11.4 Å². The quantitative estimate of drug-likeness (QED) is 0.890. The lowest BCUT2D eigenvalue weighted by atomic mass is 9.85. The van der Waals surface area contributed by atoms with E-state index in [9.17, 15) is 9.59 Å². The molecule has 2 N–H and O–H groups in total. The molecule has 1 aromatic rings. The molecule has 0 unspecified atom stereocenters. The molecule has 0 bridgehead atoms. The summed E-state index contributed by atoms with van der Waals surface area (Å²) in [6, 6.07) is 0.269. The molecule has 1 atom stereocenters. The second-order valence-electron chi connectivity index (χ2n) is 6.46. The van der Waals surface area contributed by atoms with Crippen LogP contribution in [0.4, 0.5) is 5.95 Å².